The zero-order chi connectivity index (χ0) is 18.2. The monoisotopic (exact) mass is 346 g/mol. The third-order valence-corrected chi connectivity index (χ3v) is 5.00. The zero-order valence-electron chi connectivity index (χ0n) is 15.5. The Kier molecular flexibility index (Phi) is 7.40. The highest BCUT2D eigenvalue weighted by Crippen LogP contribution is 2.22. The first-order valence-corrected chi connectivity index (χ1v) is 9.06. The summed E-state index contributed by atoms with van der Waals surface area (Å²) >= 11 is 0. The van der Waals surface area contributed by atoms with Crippen LogP contribution in [-0.2, 0) is 4.79 Å². The minimum Gasteiger partial charge on any atom is -0.355 e. The molecule has 1 atom stereocenters. The van der Waals surface area contributed by atoms with E-state index in [1.54, 1.807) is 31.3 Å². The van der Waals surface area contributed by atoms with E-state index in [2.05, 4.69) is 20.9 Å². The fourth-order valence-electron chi connectivity index (χ4n) is 3.27. The first-order valence-electron chi connectivity index (χ1n) is 9.06. The van der Waals surface area contributed by atoms with Gasteiger partial charge in [0, 0.05) is 18.3 Å². The molecule has 0 bridgehead atoms. The summed E-state index contributed by atoms with van der Waals surface area (Å²) in [6.07, 6.45) is 3.49. The van der Waals surface area contributed by atoms with E-state index in [4.69, 9.17) is 0 Å². The van der Waals surface area contributed by atoms with Gasteiger partial charge in [-0.05, 0) is 77.0 Å². The topological polar surface area (TPSA) is 73.5 Å². The average molecular weight is 346 g/mol. The lowest BCUT2D eigenvalue weighted by Crippen LogP contribution is -2.46. The standard InChI is InChI=1S/C19H30N4O2/c1-14(23-11-8-15(9-12-23)7-10-20-2)18(24)22-17-6-4-5-16(13-17)19(25)21-3/h4-6,13-15,20H,7-12H2,1-3H3,(H,21,25)(H,22,24). The predicted octanol–water partition coefficient (Wildman–Crippen LogP) is 1.69. The van der Waals surface area contributed by atoms with E-state index in [0.29, 0.717) is 11.3 Å². The quantitative estimate of drug-likeness (QED) is 0.702. The molecular weight excluding hydrogens is 316 g/mol. The zero-order valence-corrected chi connectivity index (χ0v) is 15.5. The van der Waals surface area contributed by atoms with E-state index in [0.717, 1.165) is 38.4 Å². The maximum Gasteiger partial charge on any atom is 0.251 e. The van der Waals surface area contributed by atoms with Gasteiger partial charge in [0.25, 0.3) is 5.91 Å². The molecular formula is C19H30N4O2. The third kappa shape index (κ3) is 5.54. The molecule has 0 radical (unpaired) electrons. The normalized spacial score (nSPS) is 17.1. The molecule has 1 unspecified atom stereocenters. The maximum atomic E-state index is 12.6. The fourth-order valence-corrected chi connectivity index (χ4v) is 3.27. The van der Waals surface area contributed by atoms with E-state index in [1.807, 2.05) is 14.0 Å². The number of nitrogens with zero attached hydrogens (tertiary/aromatic N) is 1. The third-order valence-electron chi connectivity index (χ3n) is 5.00. The number of carbonyl (C=O) groups excluding carboxylic acids is 2. The second-order valence-electron chi connectivity index (χ2n) is 6.70. The summed E-state index contributed by atoms with van der Waals surface area (Å²) in [6.45, 7) is 4.93. The molecule has 2 amide bonds. The van der Waals surface area contributed by atoms with E-state index in [-0.39, 0.29) is 17.9 Å². The van der Waals surface area contributed by atoms with Crippen molar-refractivity contribution in [2.45, 2.75) is 32.2 Å². The molecule has 1 aromatic carbocycles. The summed E-state index contributed by atoms with van der Waals surface area (Å²) in [6, 6.07) is 6.84. The summed E-state index contributed by atoms with van der Waals surface area (Å²) in [5, 5.41) is 8.73. The lowest BCUT2D eigenvalue weighted by atomic mass is 9.93. The number of anilines is 1. The molecule has 6 nitrogen and oxygen atoms in total. The van der Waals surface area contributed by atoms with Crippen molar-refractivity contribution in [1.82, 2.24) is 15.5 Å². The van der Waals surface area contributed by atoms with Gasteiger partial charge in [0.05, 0.1) is 6.04 Å². The van der Waals surface area contributed by atoms with Gasteiger partial charge in [-0.1, -0.05) is 6.07 Å². The van der Waals surface area contributed by atoms with Crippen molar-refractivity contribution in [2.75, 3.05) is 39.0 Å². The number of benzene rings is 1. The predicted molar refractivity (Wildman–Crippen MR) is 101 cm³/mol. The first-order chi connectivity index (χ1) is 12.0. The smallest absolute Gasteiger partial charge is 0.251 e. The van der Waals surface area contributed by atoms with E-state index >= 15 is 0 Å². The van der Waals surface area contributed by atoms with Gasteiger partial charge in [-0.2, -0.15) is 0 Å². The van der Waals surface area contributed by atoms with Gasteiger partial charge >= 0.3 is 0 Å². The van der Waals surface area contributed by atoms with Gasteiger partial charge in [-0.15, -0.1) is 0 Å². The number of likely N-dealkylation sites (tertiary alicyclic amines) is 1. The van der Waals surface area contributed by atoms with Gasteiger partial charge in [0.1, 0.15) is 0 Å². The number of amides is 2. The van der Waals surface area contributed by atoms with Crippen molar-refractivity contribution in [3.63, 3.8) is 0 Å². The van der Waals surface area contributed by atoms with Gasteiger partial charge in [0.2, 0.25) is 5.91 Å². The van der Waals surface area contributed by atoms with Gasteiger partial charge < -0.3 is 16.0 Å². The molecule has 1 aliphatic rings. The number of hydrogen-bond donors (Lipinski definition) is 3. The summed E-state index contributed by atoms with van der Waals surface area (Å²) < 4.78 is 0. The van der Waals surface area contributed by atoms with Gasteiger partial charge in [0.15, 0.2) is 0 Å². The lowest BCUT2D eigenvalue weighted by molar-refractivity contribution is -0.121. The van der Waals surface area contributed by atoms with Crippen LogP contribution in [0.15, 0.2) is 24.3 Å². The molecule has 1 saturated heterocycles. The number of nitrogens with one attached hydrogen (secondary N) is 3. The van der Waals surface area contributed by atoms with Crippen LogP contribution in [0.3, 0.4) is 0 Å². The minimum atomic E-state index is -0.172. The van der Waals surface area contributed by atoms with Crippen LogP contribution in [0.2, 0.25) is 0 Å². The van der Waals surface area contributed by atoms with Crippen LogP contribution in [0.1, 0.15) is 36.5 Å². The van der Waals surface area contributed by atoms with Gasteiger partial charge in [-0.25, -0.2) is 0 Å². The van der Waals surface area contributed by atoms with Crippen molar-refractivity contribution in [3.05, 3.63) is 29.8 Å². The Morgan fingerprint density at radius 1 is 1.24 bits per heavy atom. The maximum absolute atomic E-state index is 12.6. The molecule has 0 aliphatic carbocycles. The van der Waals surface area contributed by atoms with Crippen LogP contribution in [0.5, 0.6) is 0 Å². The molecule has 138 valence electrons. The highest BCUT2D eigenvalue weighted by atomic mass is 16.2. The Hall–Kier alpha value is -1.92. The van der Waals surface area contributed by atoms with Crippen molar-refractivity contribution in [3.8, 4) is 0 Å². The SMILES string of the molecule is CNCCC1CCN(C(C)C(=O)Nc2cccc(C(=O)NC)c2)CC1. The largest absolute Gasteiger partial charge is 0.355 e. The molecule has 1 fully saturated rings. The number of carbonyl (C=O) groups is 2. The van der Waals surface area contributed by atoms with Crippen molar-refractivity contribution in [2.24, 2.45) is 5.92 Å². The molecule has 3 N–H and O–H groups in total. The van der Waals surface area contributed by atoms with Crippen LogP contribution < -0.4 is 16.0 Å². The lowest BCUT2D eigenvalue weighted by Gasteiger charge is -2.35. The molecule has 0 saturated carbocycles. The Labute approximate surface area is 150 Å². The summed E-state index contributed by atoms with van der Waals surface area (Å²) in [4.78, 5) is 26.5. The Balaban J connectivity index is 1.87. The highest BCUT2D eigenvalue weighted by molar-refractivity contribution is 5.98. The van der Waals surface area contributed by atoms with Crippen LogP contribution in [0, 0.1) is 5.92 Å². The second-order valence-corrected chi connectivity index (χ2v) is 6.70. The summed E-state index contributed by atoms with van der Waals surface area (Å²) in [5.41, 5.74) is 1.19. The first kappa shape index (κ1) is 19.4. The molecule has 1 aromatic rings. The van der Waals surface area contributed by atoms with Gasteiger partial charge in [-0.3, -0.25) is 14.5 Å². The van der Waals surface area contributed by atoms with E-state index < -0.39 is 0 Å². The molecule has 2 rings (SSSR count). The van der Waals surface area contributed by atoms with E-state index in [1.165, 1.54) is 6.42 Å². The number of rotatable bonds is 7. The van der Waals surface area contributed by atoms with Crippen molar-refractivity contribution < 1.29 is 9.59 Å². The van der Waals surface area contributed by atoms with Crippen LogP contribution in [0.4, 0.5) is 5.69 Å². The average Bonchev–Trinajstić information content (AvgIpc) is 2.65. The molecule has 6 heteroatoms. The Bertz CT molecular complexity index is 583. The minimum absolute atomic E-state index is 0.0252. The Morgan fingerprint density at radius 3 is 2.60 bits per heavy atom. The molecule has 25 heavy (non-hydrogen) atoms. The van der Waals surface area contributed by atoms with Crippen molar-refractivity contribution >= 4 is 17.5 Å². The van der Waals surface area contributed by atoms with Crippen LogP contribution in [-0.4, -0.2) is 56.5 Å². The molecule has 0 aromatic heterocycles. The number of piperidine rings is 1. The fraction of sp³-hybridized carbons (Fsp3) is 0.579. The van der Waals surface area contributed by atoms with Crippen molar-refractivity contribution in [1.29, 1.82) is 0 Å². The summed E-state index contributed by atoms with van der Waals surface area (Å²) in [7, 11) is 3.58. The molecule has 1 aliphatic heterocycles. The molecule has 1 heterocycles. The number of hydrogen-bond acceptors (Lipinski definition) is 4. The van der Waals surface area contributed by atoms with E-state index in [9.17, 15) is 9.59 Å². The molecule has 0 spiro atoms. The highest BCUT2D eigenvalue weighted by Gasteiger charge is 2.26. The van der Waals surface area contributed by atoms with Crippen LogP contribution in [0.25, 0.3) is 0 Å². The second kappa shape index (κ2) is 9.53. The summed E-state index contributed by atoms with van der Waals surface area (Å²) in [5.74, 6) is 0.568. The Morgan fingerprint density at radius 2 is 1.96 bits per heavy atom. The van der Waals surface area contributed by atoms with Crippen LogP contribution >= 0.6 is 0 Å².